The van der Waals surface area contributed by atoms with Gasteiger partial charge in [0.2, 0.25) is 5.91 Å². The highest BCUT2D eigenvalue weighted by atomic mass is 32.2. The van der Waals surface area contributed by atoms with Gasteiger partial charge < -0.3 is 11.1 Å². The summed E-state index contributed by atoms with van der Waals surface area (Å²) in [5.74, 6) is 0.874. The standard InChI is InChI=1S/C24H26N2OS/c1-2-23(25)24(27)26-21-12-14-22(15-13-21)28-17-16-18-8-10-20(11-9-18)19-6-4-3-5-7-19/h3-15,23H,2,16-17,25H2,1H3,(H,26,27)/t23-/m0/s1. The third-order valence-corrected chi connectivity index (χ3v) is 5.63. The maximum atomic E-state index is 11.8. The van der Waals surface area contributed by atoms with Gasteiger partial charge in [0.05, 0.1) is 6.04 Å². The van der Waals surface area contributed by atoms with Gasteiger partial charge in [-0.05, 0) is 53.8 Å². The van der Waals surface area contributed by atoms with Crippen molar-refractivity contribution in [3.8, 4) is 11.1 Å². The van der Waals surface area contributed by atoms with Gasteiger partial charge in [-0.15, -0.1) is 11.8 Å². The minimum Gasteiger partial charge on any atom is -0.325 e. The van der Waals surface area contributed by atoms with Crippen LogP contribution in [0.25, 0.3) is 11.1 Å². The number of hydrogen-bond acceptors (Lipinski definition) is 3. The lowest BCUT2D eigenvalue weighted by molar-refractivity contribution is -0.117. The van der Waals surface area contributed by atoms with Crippen molar-refractivity contribution in [1.29, 1.82) is 0 Å². The topological polar surface area (TPSA) is 55.1 Å². The second kappa shape index (κ2) is 10.1. The number of amides is 1. The van der Waals surface area contributed by atoms with Crippen LogP contribution in [0.1, 0.15) is 18.9 Å². The Bertz CT molecular complexity index is 877. The summed E-state index contributed by atoms with van der Waals surface area (Å²) in [5.41, 5.74) is 10.4. The average molecular weight is 391 g/mol. The highest BCUT2D eigenvalue weighted by Gasteiger charge is 2.10. The molecule has 0 saturated heterocycles. The van der Waals surface area contributed by atoms with Crippen molar-refractivity contribution < 1.29 is 4.79 Å². The van der Waals surface area contributed by atoms with Crippen molar-refractivity contribution in [2.45, 2.75) is 30.7 Å². The summed E-state index contributed by atoms with van der Waals surface area (Å²) in [6.07, 6.45) is 1.65. The van der Waals surface area contributed by atoms with Gasteiger partial charge in [-0.2, -0.15) is 0 Å². The van der Waals surface area contributed by atoms with Crippen molar-refractivity contribution in [3.63, 3.8) is 0 Å². The zero-order valence-electron chi connectivity index (χ0n) is 16.1. The van der Waals surface area contributed by atoms with Crippen LogP contribution >= 0.6 is 11.8 Å². The Labute approximate surface area is 171 Å². The molecule has 0 radical (unpaired) electrons. The lowest BCUT2D eigenvalue weighted by Crippen LogP contribution is -2.34. The summed E-state index contributed by atoms with van der Waals surface area (Å²) >= 11 is 1.82. The second-order valence-corrected chi connectivity index (χ2v) is 7.86. The molecular weight excluding hydrogens is 364 g/mol. The van der Waals surface area contributed by atoms with Crippen molar-refractivity contribution in [1.82, 2.24) is 0 Å². The zero-order chi connectivity index (χ0) is 19.8. The highest BCUT2D eigenvalue weighted by Crippen LogP contribution is 2.23. The molecule has 0 bridgehead atoms. The number of carbonyl (C=O) groups excluding carboxylic acids is 1. The first kappa shape index (κ1) is 20.2. The van der Waals surface area contributed by atoms with Crippen LogP contribution in [0.2, 0.25) is 0 Å². The second-order valence-electron chi connectivity index (χ2n) is 6.69. The summed E-state index contributed by atoms with van der Waals surface area (Å²) in [7, 11) is 0. The number of carbonyl (C=O) groups is 1. The number of hydrogen-bond donors (Lipinski definition) is 2. The van der Waals surface area contributed by atoms with E-state index in [4.69, 9.17) is 5.73 Å². The molecule has 3 N–H and O–H groups in total. The van der Waals surface area contributed by atoms with Gasteiger partial charge in [-0.25, -0.2) is 0 Å². The van der Waals surface area contributed by atoms with Crippen LogP contribution in [0.15, 0.2) is 83.8 Å². The fourth-order valence-electron chi connectivity index (χ4n) is 2.84. The van der Waals surface area contributed by atoms with Crippen LogP contribution in [0.5, 0.6) is 0 Å². The molecule has 1 atom stereocenters. The fourth-order valence-corrected chi connectivity index (χ4v) is 3.74. The molecule has 0 saturated carbocycles. The average Bonchev–Trinajstić information content (AvgIpc) is 2.75. The van der Waals surface area contributed by atoms with E-state index in [0.717, 1.165) is 17.9 Å². The maximum absolute atomic E-state index is 11.8. The number of aryl methyl sites for hydroxylation is 1. The van der Waals surface area contributed by atoms with Crippen molar-refractivity contribution >= 4 is 23.4 Å². The molecule has 0 aliphatic heterocycles. The van der Waals surface area contributed by atoms with E-state index in [1.54, 1.807) is 0 Å². The van der Waals surface area contributed by atoms with E-state index in [9.17, 15) is 4.79 Å². The minimum absolute atomic E-state index is 0.137. The smallest absolute Gasteiger partial charge is 0.241 e. The molecule has 0 aromatic heterocycles. The van der Waals surface area contributed by atoms with E-state index in [1.165, 1.54) is 21.6 Å². The Morgan fingerprint density at radius 2 is 1.57 bits per heavy atom. The molecule has 0 aliphatic rings. The molecule has 1 amide bonds. The fraction of sp³-hybridized carbons (Fsp3) is 0.208. The Morgan fingerprint density at radius 3 is 2.21 bits per heavy atom. The molecule has 0 heterocycles. The summed E-state index contributed by atoms with van der Waals surface area (Å²) in [6.45, 7) is 1.90. The Kier molecular flexibility index (Phi) is 7.29. The highest BCUT2D eigenvalue weighted by molar-refractivity contribution is 7.99. The van der Waals surface area contributed by atoms with Gasteiger partial charge in [0.25, 0.3) is 0 Å². The van der Waals surface area contributed by atoms with Gasteiger partial charge in [0.15, 0.2) is 0 Å². The molecule has 0 fully saturated rings. The molecule has 0 unspecified atom stereocenters. The van der Waals surface area contributed by atoms with Crippen molar-refractivity contribution in [2.24, 2.45) is 5.73 Å². The molecule has 144 valence electrons. The molecule has 0 spiro atoms. The lowest BCUT2D eigenvalue weighted by atomic mass is 10.0. The number of nitrogens with one attached hydrogen (secondary N) is 1. The molecule has 3 nitrogen and oxygen atoms in total. The van der Waals surface area contributed by atoms with E-state index in [1.807, 2.05) is 49.0 Å². The molecule has 4 heteroatoms. The van der Waals surface area contributed by atoms with Gasteiger partial charge in [0.1, 0.15) is 0 Å². The first-order valence-corrected chi connectivity index (χ1v) is 10.6. The number of nitrogens with two attached hydrogens (primary N) is 1. The molecule has 3 aromatic carbocycles. The predicted molar refractivity (Wildman–Crippen MR) is 120 cm³/mol. The van der Waals surface area contributed by atoms with E-state index in [0.29, 0.717) is 6.42 Å². The van der Waals surface area contributed by atoms with Gasteiger partial charge in [0, 0.05) is 16.3 Å². The Balaban J connectivity index is 1.48. The van der Waals surface area contributed by atoms with E-state index < -0.39 is 6.04 Å². The molecular formula is C24H26N2OS. The van der Waals surface area contributed by atoms with Gasteiger partial charge >= 0.3 is 0 Å². The lowest BCUT2D eigenvalue weighted by Gasteiger charge is -2.10. The maximum Gasteiger partial charge on any atom is 0.241 e. The monoisotopic (exact) mass is 390 g/mol. The van der Waals surface area contributed by atoms with Crippen LogP contribution in [-0.4, -0.2) is 17.7 Å². The number of anilines is 1. The number of rotatable bonds is 8. The number of benzene rings is 3. The largest absolute Gasteiger partial charge is 0.325 e. The van der Waals surface area contributed by atoms with Gasteiger partial charge in [-0.1, -0.05) is 61.5 Å². The first-order valence-electron chi connectivity index (χ1n) is 9.59. The van der Waals surface area contributed by atoms with Crippen LogP contribution in [0, 0.1) is 0 Å². The van der Waals surface area contributed by atoms with Crippen LogP contribution in [0.4, 0.5) is 5.69 Å². The quantitative estimate of drug-likeness (QED) is 0.509. The molecule has 3 aromatic rings. The normalized spacial score (nSPS) is 11.8. The summed E-state index contributed by atoms with van der Waals surface area (Å²) in [4.78, 5) is 13.0. The van der Waals surface area contributed by atoms with E-state index in [-0.39, 0.29) is 5.91 Å². The first-order chi connectivity index (χ1) is 13.7. The van der Waals surface area contributed by atoms with E-state index >= 15 is 0 Å². The molecule has 3 rings (SSSR count). The Morgan fingerprint density at radius 1 is 0.929 bits per heavy atom. The van der Waals surface area contributed by atoms with Crippen LogP contribution < -0.4 is 11.1 Å². The summed E-state index contributed by atoms with van der Waals surface area (Å²) < 4.78 is 0. The summed E-state index contributed by atoms with van der Waals surface area (Å²) in [6, 6.07) is 26.7. The predicted octanol–water partition coefficient (Wildman–Crippen LogP) is 5.36. The van der Waals surface area contributed by atoms with Crippen LogP contribution in [-0.2, 0) is 11.2 Å². The number of thioether (sulfide) groups is 1. The zero-order valence-corrected chi connectivity index (χ0v) is 16.9. The van der Waals surface area contributed by atoms with E-state index in [2.05, 4.69) is 53.8 Å². The van der Waals surface area contributed by atoms with Gasteiger partial charge in [-0.3, -0.25) is 4.79 Å². The molecule has 28 heavy (non-hydrogen) atoms. The van der Waals surface area contributed by atoms with Crippen molar-refractivity contribution in [2.75, 3.05) is 11.1 Å². The Hall–Kier alpha value is -2.56. The SMILES string of the molecule is CC[C@H](N)C(=O)Nc1ccc(SCCc2ccc(-c3ccccc3)cc2)cc1. The minimum atomic E-state index is -0.456. The molecule has 0 aliphatic carbocycles. The third kappa shape index (κ3) is 5.72. The summed E-state index contributed by atoms with van der Waals surface area (Å²) in [5, 5.41) is 2.85. The third-order valence-electron chi connectivity index (χ3n) is 4.62. The van der Waals surface area contributed by atoms with Crippen molar-refractivity contribution in [3.05, 3.63) is 84.4 Å². The van der Waals surface area contributed by atoms with Crippen LogP contribution in [0.3, 0.4) is 0 Å².